The topological polar surface area (TPSA) is 40.6 Å². The van der Waals surface area contributed by atoms with E-state index in [1.807, 2.05) is 32.0 Å². The SMILES string of the molecule is Cc1ccc(C(=O)CN2CCN(C(=O)c3ccc(F)cc3)CC2)c(C)c1. The fourth-order valence-corrected chi connectivity index (χ4v) is 3.30. The van der Waals surface area contributed by atoms with Crippen molar-refractivity contribution >= 4 is 11.7 Å². The lowest BCUT2D eigenvalue weighted by Gasteiger charge is -2.34. The van der Waals surface area contributed by atoms with E-state index < -0.39 is 0 Å². The van der Waals surface area contributed by atoms with Crippen molar-refractivity contribution in [1.29, 1.82) is 0 Å². The van der Waals surface area contributed by atoms with E-state index in [1.165, 1.54) is 24.3 Å². The second kappa shape index (κ2) is 7.79. The average molecular weight is 354 g/mol. The fraction of sp³-hybridized carbons (Fsp3) is 0.333. The van der Waals surface area contributed by atoms with E-state index in [1.54, 1.807) is 4.90 Å². The van der Waals surface area contributed by atoms with Crippen molar-refractivity contribution in [1.82, 2.24) is 9.80 Å². The molecular weight excluding hydrogens is 331 g/mol. The van der Waals surface area contributed by atoms with Gasteiger partial charge in [-0.1, -0.05) is 23.8 Å². The maximum atomic E-state index is 13.0. The van der Waals surface area contributed by atoms with Crippen LogP contribution >= 0.6 is 0 Å². The number of rotatable bonds is 4. The molecule has 1 aliphatic rings. The Kier molecular flexibility index (Phi) is 5.47. The van der Waals surface area contributed by atoms with Gasteiger partial charge in [-0.25, -0.2) is 4.39 Å². The van der Waals surface area contributed by atoms with E-state index in [2.05, 4.69) is 4.90 Å². The summed E-state index contributed by atoms with van der Waals surface area (Å²) in [4.78, 5) is 28.8. The molecule has 0 atom stereocenters. The molecule has 0 aromatic heterocycles. The van der Waals surface area contributed by atoms with Gasteiger partial charge in [0.25, 0.3) is 5.91 Å². The van der Waals surface area contributed by atoms with E-state index in [9.17, 15) is 14.0 Å². The van der Waals surface area contributed by atoms with Crippen molar-refractivity contribution in [2.75, 3.05) is 32.7 Å². The highest BCUT2D eigenvalue weighted by atomic mass is 19.1. The number of piperazine rings is 1. The fourth-order valence-electron chi connectivity index (χ4n) is 3.30. The number of Topliss-reactive ketones (excluding diaryl/α,β-unsaturated/α-hetero) is 1. The van der Waals surface area contributed by atoms with Gasteiger partial charge in [0.2, 0.25) is 0 Å². The summed E-state index contributed by atoms with van der Waals surface area (Å²) in [6.07, 6.45) is 0. The Morgan fingerprint density at radius 2 is 1.62 bits per heavy atom. The number of carbonyl (C=O) groups excluding carboxylic acids is 2. The van der Waals surface area contributed by atoms with E-state index in [-0.39, 0.29) is 17.5 Å². The standard InChI is InChI=1S/C21H23FN2O2/c1-15-3-8-19(16(2)13-15)20(25)14-23-9-11-24(12-10-23)21(26)17-4-6-18(22)7-5-17/h3-8,13H,9-12,14H2,1-2H3. The van der Waals surface area contributed by atoms with Gasteiger partial charge >= 0.3 is 0 Å². The number of hydrogen-bond donors (Lipinski definition) is 0. The van der Waals surface area contributed by atoms with Crippen molar-refractivity contribution in [2.24, 2.45) is 0 Å². The Balaban J connectivity index is 1.55. The molecule has 0 aliphatic carbocycles. The predicted octanol–water partition coefficient (Wildman–Crippen LogP) is 3.08. The molecular formula is C21H23FN2O2. The van der Waals surface area contributed by atoms with Gasteiger partial charge in [0.1, 0.15) is 5.82 Å². The molecule has 2 aromatic carbocycles. The molecule has 1 amide bonds. The first-order valence-corrected chi connectivity index (χ1v) is 8.81. The molecule has 5 heteroatoms. The zero-order valence-corrected chi connectivity index (χ0v) is 15.2. The first kappa shape index (κ1) is 18.3. The minimum absolute atomic E-state index is 0.0923. The molecule has 26 heavy (non-hydrogen) atoms. The van der Waals surface area contributed by atoms with Gasteiger partial charge in [0, 0.05) is 37.3 Å². The van der Waals surface area contributed by atoms with E-state index in [0.29, 0.717) is 38.3 Å². The van der Waals surface area contributed by atoms with Crippen LogP contribution in [0.25, 0.3) is 0 Å². The molecule has 136 valence electrons. The minimum Gasteiger partial charge on any atom is -0.336 e. The van der Waals surface area contributed by atoms with Gasteiger partial charge in [-0.15, -0.1) is 0 Å². The van der Waals surface area contributed by atoms with E-state index >= 15 is 0 Å². The smallest absolute Gasteiger partial charge is 0.253 e. The summed E-state index contributed by atoms with van der Waals surface area (Å²) in [5.41, 5.74) is 3.40. The Morgan fingerprint density at radius 1 is 0.962 bits per heavy atom. The monoisotopic (exact) mass is 354 g/mol. The number of benzene rings is 2. The van der Waals surface area contributed by atoms with Crippen LogP contribution in [0, 0.1) is 19.7 Å². The number of hydrogen-bond acceptors (Lipinski definition) is 3. The third-order valence-corrected chi connectivity index (χ3v) is 4.80. The quantitative estimate of drug-likeness (QED) is 0.793. The molecule has 4 nitrogen and oxygen atoms in total. The number of carbonyl (C=O) groups is 2. The molecule has 0 saturated carbocycles. The summed E-state index contributed by atoms with van der Waals surface area (Å²) in [6.45, 7) is 6.78. The molecule has 0 N–H and O–H groups in total. The Morgan fingerprint density at radius 3 is 2.23 bits per heavy atom. The van der Waals surface area contributed by atoms with Crippen molar-refractivity contribution in [2.45, 2.75) is 13.8 Å². The highest BCUT2D eigenvalue weighted by molar-refractivity contribution is 5.99. The lowest BCUT2D eigenvalue weighted by Crippen LogP contribution is -2.49. The predicted molar refractivity (Wildman–Crippen MR) is 99.0 cm³/mol. The van der Waals surface area contributed by atoms with Crippen molar-refractivity contribution < 1.29 is 14.0 Å². The van der Waals surface area contributed by atoms with Gasteiger partial charge in [0.15, 0.2) is 5.78 Å². The summed E-state index contributed by atoms with van der Waals surface area (Å²) in [6, 6.07) is 11.5. The number of nitrogens with zero attached hydrogens (tertiary/aromatic N) is 2. The Bertz CT molecular complexity index is 809. The van der Waals surface area contributed by atoms with Crippen molar-refractivity contribution in [3.05, 3.63) is 70.5 Å². The van der Waals surface area contributed by atoms with Crippen LogP contribution in [-0.2, 0) is 0 Å². The molecule has 0 unspecified atom stereocenters. The lowest BCUT2D eigenvalue weighted by atomic mass is 10.0. The first-order valence-electron chi connectivity index (χ1n) is 8.81. The van der Waals surface area contributed by atoms with Crippen molar-refractivity contribution in [3.63, 3.8) is 0 Å². The van der Waals surface area contributed by atoms with Crippen LogP contribution in [0.2, 0.25) is 0 Å². The van der Waals surface area contributed by atoms with Crippen LogP contribution in [-0.4, -0.2) is 54.2 Å². The summed E-state index contributed by atoms with van der Waals surface area (Å²) in [5, 5.41) is 0. The minimum atomic E-state index is -0.351. The van der Waals surface area contributed by atoms with Crippen LogP contribution < -0.4 is 0 Å². The molecule has 2 aromatic rings. The number of aryl methyl sites for hydroxylation is 2. The normalized spacial score (nSPS) is 15.1. The van der Waals surface area contributed by atoms with Crippen LogP contribution in [0.1, 0.15) is 31.8 Å². The highest BCUT2D eigenvalue weighted by Crippen LogP contribution is 2.14. The van der Waals surface area contributed by atoms with Gasteiger partial charge in [-0.05, 0) is 43.7 Å². The van der Waals surface area contributed by atoms with Gasteiger partial charge < -0.3 is 4.90 Å². The third kappa shape index (κ3) is 4.17. The second-order valence-corrected chi connectivity index (χ2v) is 6.82. The molecule has 1 fully saturated rings. The van der Waals surface area contributed by atoms with Gasteiger partial charge in [-0.3, -0.25) is 14.5 Å². The van der Waals surface area contributed by atoms with Crippen LogP contribution in [0.5, 0.6) is 0 Å². The Hall–Kier alpha value is -2.53. The van der Waals surface area contributed by atoms with E-state index in [0.717, 1.165) is 16.7 Å². The summed E-state index contributed by atoms with van der Waals surface area (Å²) < 4.78 is 13.0. The summed E-state index contributed by atoms with van der Waals surface area (Å²) in [5.74, 6) is -0.331. The van der Waals surface area contributed by atoms with E-state index in [4.69, 9.17) is 0 Å². The molecule has 0 bridgehead atoms. The maximum absolute atomic E-state index is 13.0. The van der Waals surface area contributed by atoms with Gasteiger partial charge in [-0.2, -0.15) is 0 Å². The zero-order chi connectivity index (χ0) is 18.7. The lowest BCUT2D eigenvalue weighted by molar-refractivity contribution is 0.0624. The highest BCUT2D eigenvalue weighted by Gasteiger charge is 2.24. The molecule has 1 saturated heterocycles. The molecule has 0 spiro atoms. The summed E-state index contributed by atoms with van der Waals surface area (Å²) >= 11 is 0. The molecule has 1 aliphatic heterocycles. The Labute approximate surface area is 153 Å². The van der Waals surface area contributed by atoms with Crippen LogP contribution in [0.4, 0.5) is 4.39 Å². The van der Waals surface area contributed by atoms with Crippen molar-refractivity contribution in [3.8, 4) is 0 Å². The number of ketones is 1. The van der Waals surface area contributed by atoms with Crippen LogP contribution in [0.3, 0.4) is 0 Å². The third-order valence-electron chi connectivity index (χ3n) is 4.80. The van der Waals surface area contributed by atoms with Crippen LogP contribution in [0.15, 0.2) is 42.5 Å². The molecule has 1 heterocycles. The number of halogens is 1. The zero-order valence-electron chi connectivity index (χ0n) is 15.2. The van der Waals surface area contributed by atoms with Gasteiger partial charge in [0.05, 0.1) is 6.54 Å². The summed E-state index contributed by atoms with van der Waals surface area (Å²) in [7, 11) is 0. The maximum Gasteiger partial charge on any atom is 0.253 e. The first-order chi connectivity index (χ1) is 12.4. The number of amides is 1. The largest absolute Gasteiger partial charge is 0.336 e. The molecule has 3 rings (SSSR count). The second-order valence-electron chi connectivity index (χ2n) is 6.82. The molecule has 0 radical (unpaired) electrons. The average Bonchev–Trinajstić information content (AvgIpc) is 2.62.